The molecule has 0 aromatic heterocycles. The molecule has 1 atom stereocenters. The standard InChI is InChI=1S/C13H23NO2/c1-10(2)6-5-9-14-12(4)8-7-11(3)13(15)16/h7,9-10,12H,5-6,8H2,1-4H3,(H,15,16). The fraction of sp³-hybridized carbons (Fsp3) is 0.692. The minimum Gasteiger partial charge on any atom is -0.478 e. The van der Waals surface area contributed by atoms with Crippen LogP contribution in [0.4, 0.5) is 0 Å². The number of aliphatic carboxylic acids is 1. The van der Waals surface area contributed by atoms with E-state index in [0.29, 0.717) is 17.9 Å². The summed E-state index contributed by atoms with van der Waals surface area (Å²) in [5.74, 6) is -0.146. The first-order chi connectivity index (χ1) is 7.43. The molecule has 0 amide bonds. The molecule has 0 aromatic carbocycles. The van der Waals surface area contributed by atoms with Crippen molar-refractivity contribution in [3.05, 3.63) is 11.6 Å². The molecule has 1 N–H and O–H groups in total. The van der Waals surface area contributed by atoms with Gasteiger partial charge < -0.3 is 5.11 Å². The van der Waals surface area contributed by atoms with Crippen molar-refractivity contribution in [2.24, 2.45) is 10.9 Å². The fourth-order valence-electron chi connectivity index (χ4n) is 1.16. The number of hydrogen-bond acceptors (Lipinski definition) is 2. The highest BCUT2D eigenvalue weighted by atomic mass is 16.4. The number of hydrogen-bond donors (Lipinski definition) is 1. The minimum atomic E-state index is -0.851. The van der Waals surface area contributed by atoms with Crippen molar-refractivity contribution in [1.82, 2.24) is 0 Å². The van der Waals surface area contributed by atoms with Crippen LogP contribution in [0.15, 0.2) is 16.6 Å². The van der Waals surface area contributed by atoms with E-state index in [1.54, 1.807) is 13.0 Å². The summed E-state index contributed by atoms with van der Waals surface area (Å²) in [7, 11) is 0. The number of carbonyl (C=O) groups is 1. The van der Waals surface area contributed by atoms with E-state index < -0.39 is 5.97 Å². The van der Waals surface area contributed by atoms with Gasteiger partial charge in [0.2, 0.25) is 0 Å². The molecule has 0 aliphatic heterocycles. The van der Waals surface area contributed by atoms with Crippen LogP contribution >= 0.6 is 0 Å². The molecule has 0 heterocycles. The zero-order chi connectivity index (χ0) is 12.6. The van der Waals surface area contributed by atoms with Crippen molar-refractivity contribution < 1.29 is 9.90 Å². The molecule has 0 aliphatic carbocycles. The van der Waals surface area contributed by atoms with Crippen molar-refractivity contribution in [3.63, 3.8) is 0 Å². The van der Waals surface area contributed by atoms with E-state index in [9.17, 15) is 4.79 Å². The van der Waals surface area contributed by atoms with Crippen LogP contribution in [0.1, 0.15) is 47.0 Å². The summed E-state index contributed by atoms with van der Waals surface area (Å²) >= 11 is 0. The normalized spacial score (nSPS) is 14.7. The first-order valence-corrected chi connectivity index (χ1v) is 5.85. The molecule has 0 saturated carbocycles. The molecular formula is C13H23NO2. The number of nitrogens with zero attached hydrogens (tertiary/aromatic N) is 1. The van der Waals surface area contributed by atoms with Gasteiger partial charge in [0.15, 0.2) is 0 Å². The van der Waals surface area contributed by atoms with E-state index in [4.69, 9.17) is 5.11 Å². The summed E-state index contributed by atoms with van der Waals surface area (Å²) in [6.45, 7) is 7.99. The van der Waals surface area contributed by atoms with Gasteiger partial charge in [-0.15, -0.1) is 0 Å². The molecule has 0 saturated heterocycles. The Labute approximate surface area is 98.3 Å². The van der Waals surface area contributed by atoms with Crippen LogP contribution in [0.2, 0.25) is 0 Å². The maximum absolute atomic E-state index is 10.5. The molecule has 0 bridgehead atoms. The summed E-state index contributed by atoms with van der Waals surface area (Å²) in [4.78, 5) is 14.9. The highest BCUT2D eigenvalue weighted by Crippen LogP contribution is 2.04. The van der Waals surface area contributed by atoms with Gasteiger partial charge in [0.1, 0.15) is 0 Å². The van der Waals surface area contributed by atoms with Gasteiger partial charge in [0.25, 0.3) is 0 Å². The van der Waals surface area contributed by atoms with Gasteiger partial charge in [-0.1, -0.05) is 19.9 Å². The Morgan fingerprint density at radius 2 is 2.00 bits per heavy atom. The van der Waals surface area contributed by atoms with Crippen LogP contribution in [0, 0.1) is 5.92 Å². The lowest BCUT2D eigenvalue weighted by molar-refractivity contribution is -0.132. The van der Waals surface area contributed by atoms with Crippen LogP contribution in [-0.4, -0.2) is 23.3 Å². The Balaban J connectivity index is 3.86. The molecule has 0 spiro atoms. The molecule has 0 fully saturated rings. The van der Waals surface area contributed by atoms with Gasteiger partial charge in [-0.3, -0.25) is 4.99 Å². The summed E-state index contributed by atoms with van der Waals surface area (Å²) in [5, 5.41) is 8.66. The molecule has 0 aliphatic rings. The third-order valence-corrected chi connectivity index (χ3v) is 2.34. The number of aliphatic imine (C=N–C) groups is 1. The lowest BCUT2D eigenvalue weighted by Gasteiger charge is -2.03. The summed E-state index contributed by atoms with van der Waals surface area (Å²) in [6, 6.07) is 0.168. The Morgan fingerprint density at radius 1 is 1.38 bits per heavy atom. The molecular weight excluding hydrogens is 202 g/mol. The maximum atomic E-state index is 10.5. The van der Waals surface area contributed by atoms with Crippen molar-refractivity contribution in [2.75, 3.05) is 0 Å². The van der Waals surface area contributed by atoms with Gasteiger partial charge in [-0.25, -0.2) is 4.79 Å². The Morgan fingerprint density at radius 3 is 2.50 bits per heavy atom. The topological polar surface area (TPSA) is 49.7 Å². The van der Waals surface area contributed by atoms with Crippen LogP contribution in [0.25, 0.3) is 0 Å². The predicted molar refractivity (Wildman–Crippen MR) is 68.0 cm³/mol. The molecule has 0 rings (SSSR count). The van der Waals surface area contributed by atoms with Gasteiger partial charge in [-0.2, -0.15) is 0 Å². The van der Waals surface area contributed by atoms with Gasteiger partial charge in [0, 0.05) is 5.57 Å². The maximum Gasteiger partial charge on any atom is 0.330 e. The van der Waals surface area contributed by atoms with Crippen molar-refractivity contribution in [1.29, 1.82) is 0 Å². The third kappa shape index (κ3) is 8.21. The average molecular weight is 225 g/mol. The molecule has 1 unspecified atom stereocenters. The molecule has 92 valence electrons. The number of carboxylic acid groups (broad SMARTS) is 1. The van der Waals surface area contributed by atoms with E-state index >= 15 is 0 Å². The molecule has 0 aromatic rings. The van der Waals surface area contributed by atoms with Gasteiger partial charge >= 0.3 is 5.97 Å². The number of rotatable bonds is 7. The Hall–Kier alpha value is -1.12. The smallest absolute Gasteiger partial charge is 0.330 e. The van der Waals surface area contributed by atoms with Crippen LogP contribution in [0.5, 0.6) is 0 Å². The summed E-state index contributed by atoms with van der Waals surface area (Å²) in [5.41, 5.74) is 0.393. The molecule has 3 nitrogen and oxygen atoms in total. The van der Waals surface area contributed by atoms with Crippen molar-refractivity contribution >= 4 is 12.2 Å². The lowest BCUT2D eigenvalue weighted by atomic mass is 10.1. The molecule has 3 heteroatoms. The second kappa shape index (κ2) is 8.08. The Kier molecular flexibility index (Phi) is 7.52. The van der Waals surface area contributed by atoms with E-state index in [-0.39, 0.29) is 6.04 Å². The van der Waals surface area contributed by atoms with Crippen LogP contribution in [-0.2, 0) is 4.79 Å². The second-order valence-electron chi connectivity index (χ2n) is 4.58. The minimum absolute atomic E-state index is 0.168. The zero-order valence-electron chi connectivity index (χ0n) is 10.7. The van der Waals surface area contributed by atoms with E-state index in [1.807, 2.05) is 13.1 Å². The predicted octanol–water partition coefficient (Wildman–Crippen LogP) is 3.30. The average Bonchev–Trinajstić information content (AvgIpc) is 2.20. The van der Waals surface area contributed by atoms with Crippen LogP contribution < -0.4 is 0 Å². The van der Waals surface area contributed by atoms with E-state index in [2.05, 4.69) is 18.8 Å². The van der Waals surface area contributed by atoms with Crippen LogP contribution in [0.3, 0.4) is 0 Å². The number of carboxylic acids is 1. The zero-order valence-corrected chi connectivity index (χ0v) is 10.7. The fourth-order valence-corrected chi connectivity index (χ4v) is 1.16. The lowest BCUT2D eigenvalue weighted by Crippen LogP contribution is -2.00. The van der Waals surface area contributed by atoms with Gasteiger partial charge in [0.05, 0.1) is 6.04 Å². The van der Waals surface area contributed by atoms with E-state index in [1.165, 1.54) is 0 Å². The highest BCUT2D eigenvalue weighted by molar-refractivity contribution is 5.85. The second-order valence-corrected chi connectivity index (χ2v) is 4.58. The first kappa shape index (κ1) is 14.9. The first-order valence-electron chi connectivity index (χ1n) is 5.85. The van der Waals surface area contributed by atoms with Crippen molar-refractivity contribution in [3.8, 4) is 0 Å². The quantitative estimate of drug-likeness (QED) is 0.534. The molecule has 0 radical (unpaired) electrons. The SMILES string of the molecule is CC(=CCC(C)N=CCCC(C)C)C(=O)O. The molecule has 16 heavy (non-hydrogen) atoms. The van der Waals surface area contributed by atoms with Crippen molar-refractivity contribution in [2.45, 2.75) is 53.0 Å². The highest BCUT2D eigenvalue weighted by Gasteiger charge is 2.01. The summed E-state index contributed by atoms with van der Waals surface area (Å²) < 4.78 is 0. The largest absolute Gasteiger partial charge is 0.478 e. The van der Waals surface area contributed by atoms with E-state index in [0.717, 1.165) is 12.8 Å². The van der Waals surface area contributed by atoms with Gasteiger partial charge in [-0.05, 0) is 45.2 Å². The summed E-state index contributed by atoms with van der Waals surface area (Å²) in [6.07, 6.45) is 6.53. The monoisotopic (exact) mass is 225 g/mol. The Bertz CT molecular complexity index is 267. The third-order valence-electron chi connectivity index (χ3n) is 2.34.